The highest BCUT2D eigenvalue weighted by molar-refractivity contribution is 4.78. The molecule has 1 fully saturated rings. The van der Waals surface area contributed by atoms with Crippen LogP contribution in [0.1, 0.15) is 32.6 Å². The zero-order valence-corrected chi connectivity index (χ0v) is 13.8. The van der Waals surface area contributed by atoms with Gasteiger partial charge >= 0.3 is 0 Å². The Morgan fingerprint density at radius 1 is 1.00 bits per heavy atom. The Morgan fingerprint density at radius 2 is 1.67 bits per heavy atom. The SMILES string of the molecule is CCCCOCCOCCOCCC1COCCC1NC. The second-order valence-electron chi connectivity index (χ2n) is 5.50. The molecule has 0 aromatic rings. The van der Waals surface area contributed by atoms with E-state index in [1.807, 2.05) is 7.05 Å². The molecule has 1 heterocycles. The van der Waals surface area contributed by atoms with E-state index in [9.17, 15) is 0 Å². The molecule has 1 aliphatic rings. The minimum atomic E-state index is 0.566. The van der Waals surface area contributed by atoms with Crippen LogP contribution in [-0.2, 0) is 18.9 Å². The van der Waals surface area contributed by atoms with Crippen LogP contribution in [0.5, 0.6) is 0 Å². The van der Waals surface area contributed by atoms with Crippen LogP contribution < -0.4 is 5.32 Å². The van der Waals surface area contributed by atoms with E-state index in [4.69, 9.17) is 18.9 Å². The molecule has 21 heavy (non-hydrogen) atoms. The highest BCUT2D eigenvalue weighted by Crippen LogP contribution is 2.17. The quantitative estimate of drug-likeness (QED) is 0.526. The molecule has 5 nitrogen and oxygen atoms in total. The van der Waals surface area contributed by atoms with Gasteiger partial charge in [-0.3, -0.25) is 0 Å². The van der Waals surface area contributed by atoms with Crippen LogP contribution in [0.25, 0.3) is 0 Å². The smallest absolute Gasteiger partial charge is 0.0701 e. The summed E-state index contributed by atoms with van der Waals surface area (Å²) in [6, 6.07) is 0.568. The molecule has 1 N–H and O–H groups in total. The van der Waals surface area contributed by atoms with Crippen LogP contribution in [0, 0.1) is 5.92 Å². The zero-order chi connectivity index (χ0) is 15.2. The Bertz CT molecular complexity index is 228. The Balaban J connectivity index is 1.83. The molecule has 1 aliphatic heterocycles. The third kappa shape index (κ3) is 9.42. The van der Waals surface area contributed by atoms with Gasteiger partial charge in [-0.2, -0.15) is 0 Å². The van der Waals surface area contributed by atoms with Crippen molar-refractivity contribution in [3.8, 4) is 0 Å². The highest BCUT2D eigenvalue weighted by Gasteiger charge is 2.23. The summed E-state index contributed by atoms with van der Waals surface area (Å²) in [4.78, 5) is 0. The molecule has 0 saturated carbocycles. The average Bonchev–Trinajstić information content (AvgIpc) is 2.53. The molecule has 2 atom stereocenters. The van der Waals surface area contributed by atoms with E-state index < -0.39 is 0 Å². The molecule has 1 saturated heterocycles. The van der Waals surface area contributed by atoms with Gasteiger partial charge in [-0.15, -0.1) is 0 Å². The van der Waals surface area contributed by atoms with E-state index in [1.54, 1.807) is 0 Å². The molecule has 0 aliphatic carbocycles. The van der Waals surface area contributed by atoms with Crippen molar-refractivity contribution in [2.45, 2.75) is 38.6 Å². The fraction of sp³-hybridized carbons (Fsp3) is 1.00. The lowest BCUT2D eigenvalue weighted by atomic mass is 9.93. The molecule has 0 bridgehead atoms. The van der Waals surface area contributed by atoms with E-state index in [2.05, 4.69) is 12.2 Å². The van der Waals surface area contributed by atoms with Crippen LogP contribution in [0.3, 0.4) is 0 Å². The first-order valence-corrected chi connectivity index (χ1v) is 8.36. The van der Waals surface area contributed by atoms with Crippen LogP contribution in [0.4, 0.5) is 0 Å². The molecular formula is C16H33NO4. The number of hydrogen-bond acceptors (Lipinski definition) is 5. The van der Waals surface area contributed by atoms with Crippen molar-refractivity contribution in [1.29, 1.82) is 0 Å². The normalized spacial score (nSPS) is 22.6. The summed E-state index contributed by atoms with van der Waals surface area (Å²) in [6.07, 6.45) is 4.45. The van der Waals surface area contributed by atoms with Gasteiger partial charge < -0.3 is 24.3 Å². The zero-order valence-electron chi connectivity index (χ0n) is 13.8. The van der Waals surface area contributed by atoms with Crippen molar-refractivity contribution in [3.63, 3.8) is 0 Å². The molecule has 0 amide bonds. The standard InChI is InChI=1S/C16H33NO4/c1-3-4-7-18-10-12-20-13-11-19-8-5-15-14-21-9-6-16(15)17-2/h15-17H,3-14H2,1-2H3. The summed E-state index contributed by atoms with van der Waals surface area (Å²) < 4.78 is 22.0. The van der Waals surface area contributed by atoms with Crippen molar-refractivity contribution in [2.24, 2.45) is 5.92 Å². The minimum Gasteiger partial charge on any atom is -0.381 e. The number of nitrogens with one attached hydrogen (secondary N) is 1. The van der Waals surface area contributed by atoms with Gasteiger partial charge in [0.15, 0.2) is 0 Å². The molecule has 126 valence electrons. The maximum absolute atomic E-state index is 5.63. The molecule has 0 radical (unpaired) electrons. The maximum atomic E-state index is 5.63. The lowest BCUT2D eigenvalue weighted by Crippen LogP contribution is -2.41. The monoisotopic (exact) mass is 303 g/mol. The van der Waals surface area contributed by atoms with E-state index >= 15 is 0 Å². The number of rotatable bonds is 13. The first-order valence-electron chi connectivity index (χ1n) is 8.36. The van der Waals surface area contributed by atoms with Gasteiger partial charge in [-0.05, 0) is 32.2 Å². The number of ether oxygens (including phenoxy) is 4. The van der Waals surface area contributed by atoms with Gasteiger partial charge in [0.05, 0.1) is 33.0 Å². The van der Waals surface area contributed by atoms with E-state index in [-0.39, 0.29) is 0 Å². The predicted octanol–water partition coefficient (Wildman–Crippen LogP) is 1.85. The number of unbranched alkanes of at least 4 members (excludes halogenated alkanes) is 1. The van der Waals surface area contributed by atoms with E-state index in [1.165, 1.54) is 6.42 Å². The summed E-state index contributed by atoms with van der Waals surface area (Å²) in [6.45, 7) is 8.15. The average molecular weight is 303 g/mol. The maximum Gasteiger partial charge on any atom is 0.0701 e. The Kier molecular flexibility index (Phi) is 12.1. The van der Waals surface area contributed by atoms with Crippen molar-refractivity contribution in [3.05, 3.63) is 0 Å². The van der Waals surface area contributed by atoms with Crippen molar-refractivity contribution in [2.75, 3.05) is 59.9 Å². The van der Waals surface area contributed by atoms with Gasteiger partial charge in [-0.1, -0.05) is 13.3 Å². The topological polar surface area (TPSA) is 49.0 Å². The fourth-order valence-corrected chi connectivity index (χ4v) is 2.48. The van der Waals surface area contributed by atoms with E-state index in [0.29, 0.717) is 38.4 Å². The number of hydrogen-bond donors (Lipinski definition) is 1. The van der Waals surface area contributed by atoms with Gasteiger partial charge in [0.1, 0.15) is 0 Å². The van der Waals surface area contributed by atoms with Crippen LogP contribution >= 0.6 is 0 Å². The fourth-order valence-electron chi connectivity index (χ4n) is 2.48. The van der Waals surface area contributed by atoms with Crippen molar-refractivity contribution >= 4 is 0 Å². The summed E-state index contributed by atoms with van der Waals surface area (Å²) in [5, 5.41) is 3.37. The summed E-state index contributed by atoms with van der Waals surface area (Å²) in [5.74, 6) is 0.566. The van der Waals surface area contributed by atoms with Crippen molar-refractivity contribution < 1.29 is 18.9 Å². The Labute approximate surface area is 129 Å². The molecule has 0 aromatic heterocycles. The Morgan fingerprint density at radius 3 is 2.33 bits per heavy atom. The van der Waals surface area contributed by atoms with E-state index in [0.717, 1.165) is 45.7 Å². The lowest BCUT2D eigenvalue weighted by molar-refractivity contribution is -0.00377. The third-order valence-corrected chi connectivity index (χ3v) is 3.86. The molecule has 0 aromatic carbocycles. The second kappa shape index (κ2) is 13.5. The Hall–Kier alpha value is -0.200. The second-order valence-corrected chi connectivity index (χ2v) is 5.50. The van der Waals surface area contributed by atoms with Gasteiger partial charge in [0, 0.05) is 25.9 Å². The minimum absolute atomic E-state index is 0.566. The molecular weight excluding hydrogens is 270 g/mol. The summed E-state index contributed by atoms with van der Waals surface area (Å²) in [5.41, 5.74) is 0. The van der Waals surface area contributed by atoms with Crippen LogP contribution in [0.15, 0.2) is 0 Å². The molecule has 2 unspecified atom stereocenters. The van der Waals surface area contributed by atoms with Gasteiger partial charge in [-0.25, -0.2) is 0 Å². The lowest BCUT2D eigenvalue weighted by Gasteiger charge is -2.31. The molecule has 5 heteroatoms. The van der Waals surface area contributed by atoms with Crippen LogP contribution in [-0.4, -0.2) is 65.9 Å². The van der Waals surface area contributed by atoms with Gasteiger partial charge in [0.2, 0.25) is 0 Å². The summed E-state index contributed by atoms with van der Waals surface area (Å²) >= 11 is 0. The van der Waals surface area contributed by atoms with Gasteiger partial charge in [0.25, 0.3) is 0 Å². The molecule has 0 spiro atoms. The van der Waals surface area contributed by atoms with Crippen molar-refractivity contribution in [1.82, 2.24) is 5.32 Å². The predicted molar refractivity (Wildman–Crippen MR) is 83.8 cm³/mol. The first kappa shape index (κ1) is 18.8. The summed E-state index contributed by atoms with van der Waals surface area (Å²) in [7, 11) is 2.03. The molecule has 1 rings (SSSR count). The van der Waals surface area contributed by atoms with Crippen LogP contribution in [0.2, 0.25) is 0 Å². The first-order chi connectivity index (χ1) is 10.4. The third-order valence-electron chi connectivity index (χ3n) is 3.86. The highest BCUT2D eigenvalue weighted by atomic mass is 16.5. The largest absolute Gasteiger partial charge is 0.381 e.